The number of carboxylic acid groups (broad SMARTS) is 1. The summed E-state index contributed by atoms with van der Waals surface area (Å²) in [5.41, 5.74) is 10.8. The molecule has 3 atom stereocenters. The molecule has 0 aliphatic carbocycles. The lowest BCUT2D eigenvalue weighted by Crippen LogP contribution is -2.55. The first kappa shape index (κ1) is 21.0. The van der Waals surface area contributed by atoms with Crippen LogP contribution in [0, 0.1) is 0 Å². The molecule has 0 fully saturated rings. The largest absolute Gasteiger partial charge is 0.480 e. The van der Waals surface area contributed by atoms with Gasteiger partial charge in [0, 0.05) is 11.5 Å². The van der Waals surface area contributed by atoms with E-state index in [4.69, 9.17) is 16.6 Å². The second kappa shape index (κ2) is 11.6. The molecule has 0 aliphatic heterocycles. The van der Waals surface area contributed by atoms with Gasteiger partial charge in [-0.1, -0.05) is 0 Å². The number of unbranched alkanes of at least 4 members (excludes halogenated alkanes) is 1. The average molecular weight is 352 g/mol. The van der Waals surface area contributed by atoms with Gasteiger partial charge in [0.25, 0.3) is 0 Å². The van der Waals surface area contributed by atoms with Crippen LogP contribution in [0.1, 0.15) is 19.3 Å². The number of amides is 2. The molecule has 0 saturated heterocycles. The Hall–Kier alpha value is -0.970. The summed E-state index contributed by atoms with van der Waals surface area (Å²) >= 11 is 7.88. The number of aliphatic carboxylic acids is 1. The Labute approximate surface area is 140 Å². The van der Waals surface area contributed by atoms with Gasteiger partial charge in [0.05, 0.1) is 6.04 Å². The van der Waals surface area contributed by atoms with Crippen LogP contribution >= 0.6 is 25.3 Å². The fourth-order valence-corrected chi connectivity index (χ4v) is 2.00. The van der Waals surface area contributed by atoms with Crippen molar-refractivity contribution in [2.75, 3.05) is 18.1 Å². The summed E-state index contributed by atoms with van der Waals surface area (Å²) in [4.78, 5) is 34.8. The van der Waals surface area contributed by atoms with Crippen LogP contribution in [0.2, 0.25) is 0 Å². The van der Waals surface area contributed by atoms with Crippen LogP contribution in [-0.4, -0.2) is 59.1 Å². The number of carbonyl (C=O) groups is 3. The van der Waals surface area contributed by atoms with Crippen molar-refractivity contribution in [3.63, 3.8) is 0 Å². The minimum Gasteiger partial charge on any atom is -0.480 e. The first-order valence-corrected chi connectivity index (χ1v) is 8.14. The van der Waals surface area contributed by atoms with E-state index >= 15 is 0 Å². The van der Waals surface area contributed by atoms with E-state index < -0.39 is 35.9 Å². The van der Waals surface area contributed by atoms with Crippen LogP contribution in [0.4, 0.5) is 0 Å². The van der Waals surface area contributed by atoms with Gasteiger partial charge in [-0.2, -0.15) is 25.3 Å². The van der Waals surface area contributed by atoms with Crippen molar-refractivity contribution in [3.8, 4) is 0 Å². The van der Waals surface area contributed by atoms with Crippen molar-refractivity contribution in [3.05, 3.63) is 0 Å². The highest BCUT2D eigenvalue weighted by Gasteiger charge is 2.26. The standard InChI is InChI=1S/C12H24N4O4S2/c13-4-2-1-3-8(12(19)20)15-11(18)9(6-22)16-10(17)7(14)5-21/h7-9,21-22H,1-6,13-14H2,(H,15,18)(H,16,17)(H,19,20)/t7-,8-,9-/m0/s1. The smallest absolute Gasteiger partial charge is 0.326 e. The zero-order valence-electron chi connectivity index (χ0n) is 12.2. The highest BCUT2D eigenvalue weighted by Crippen LogP contribution is 2.02. The minimum atomic E-state index is -1.14. The van der Waals surface area contributed by atoms with E-state index in [-0.39, 0.29) is 17.9 Å². The molecule has 8 nitrogen and oxygen atoms in total. The second-order valence-corrected chi connectivity index (χ2v) is 5.45. The normalized spacial score (nSPS) is 14.7. The lowest BCUT2D eigenvalue weighted by atomic mass is 10.1. The van der Waals surface area contributed by atoms with E-state index in [2.05, 4.69) is 35.9 Å². The summed E-state index contributed by atoms with van der Waals surface area (Å²) in [7, 11) is 0. The van der Waals surface area contributed by atoms with Crippen LogP contribution in [0.25, 0.3) is 0 Å². The summed E-state index contributed by atoms with van der Waals surface area (Å²) in [5, 5.41) is 13.9. The molecular weight excluding hydrogens is 328 g/mol. The zero-order chi connectivity index (χ0) is 17.1. The van der Waals surface area contributed by atoms with Crippen molar-refractivity contribution >= 4 is 43.0 Å². The molecule has 0 rings (SSSR count). The molecule has 0 aromatic heterocycles. The van der Waals surface area contributed by atoms with Crippen molar-refractivity contribution in [1.29, 1.82) is 0 Å². The lowest BCUT2D eigenvalue weighted by Gasteiger charge is -2.21. The van der Waals surface area contributed by atoms with Gasteiger partial charge in [0.15, 0.2) is 0 Å². The van der Waals surface area contributed by atoms with Crippen molar-refractivity contribution in [1.82, 2.24) is 10.6 Å². The summed E-state index contributed by atoms with van der Waals surface area (Å²) in [6.45, 7) is 0.456. The lowest BCUT2D eigenvalue weighted by molar-refractivity contribution is -0.142. The molecule has 0 unspecified atom stereocenters. The third-order valence-electron chi connectivity index (χ3n) is 2.91. The number of nitrogens with one attached hydrogen (secondary N) is 2. The van der Waals surface area contributed by atoms with Crippen LogP contribution in [0.15, 0.2) is 0 Å². The second-order valence-electron chi connectivity index (χ2n) is 4.72. The molecule has 7 N–H and O–H groups in total. The van der Waals surface area contributed by atoms with E-state index in [1.165, 1.54) is 0 Å². The first-order chi connectivity index (χ1) is 10.4. The Balaban J connectivity index is 4.60. The monoisotopic (exact) mass is 352 g/mol. The van der Waals surface area contributed by atoms with E-state index in [9.17, 15) is 14.4 Å². The summed E-state index contributed by atoms with van der Waals surface area (Å²) in [5.74, 6) is -2.15. The predicted octanol–water partition coefficient (Wildman–Crippen LogP) is -1.64. The number of hydrogen-bond donors (Lipinski definition) is 7. The number of rotatable bonds is 11. The quantitative estimate of drug-likeness (QED) is 0.175. The van der Waals surface area contributed by atoms with Crippen LogP contribution in [0.5, 0.6) is 0 Å². The van der Waals surface area contributed by atoms with E-state index in [1.807, 2.05) is 0 Å². The van der Waals surface area contributed by atoms with Gasteiger partial charge >= 0.3 is 5.97 Å². The summed E-state index contributed by atoms with van der Waals surface area (Å²) < 4.78 is 0. The third-order valence-corrected chi connectivity index (χ3v) is 3.67. The highest BCUT2D eigenvalue weighted by molar-refractivity contribution is 7.80. The fourth-order valence-electron chi connectivity index (χ4n) is 1.58. The summed E-state index contributed by atoms with van der Waals surface area (Å²) in [6, 6.07) is -2.84. The molecule has 0 saturated carbocycles. The Morgan fingerprint density at radius 1 is 1.00 bits per heavy atom. The molecule has 128 valence electrons. The van der Waals surface area contributed by atoms with Gasteiger partial charge in [-0.15, -0.1) is 0 Å². The maximum atomic E-state index is 12.0. The molecule has 0 spiro atoms. The Kier molecular flexibility index (Phi) is 11.1. The number of carbonyl (C=O) groups excluding carboxylic acids is 2. The fraction of sp³-hybridized carbons (Fsp3) is 0.750. The number of thiol groups is 2. The Bertz CT molecular complexity index is 384. The van der Waals surface area contributed by atoms with Gasteiger partial charge in [0.2, 0.25) is 11.8 Å². The molecule has 0 bridgehead atoms. The van der Waals surface area contributed by atoms with Crippen molar-refractivity contribution in [2.45, 2.75) is 37.4 Å². The molecular formula is C12H24N4O4S2. The molecule has 0 aromatic rings. The maximum Gasteiger partial charge on any atom is 0.326 e. The topological polar surface area (TPSA) is 148 Å². The zero-order valence-corrected chi connectivity index (χ0v) is 14.0. The molecule has 0 heterocycles. The molecule has 0 aromatic carbocycles. The number of hydrogen-bond acceptors (Lipinski definition) is 7. The van der Waals surface area contributed by atoms with Crippen LogP contribution in [0.3, 0.4) is 0 Å². The molecule has 10 heteroatoms. The Morgan fingerprint density at radius 3 is 2.05 bits per heavy atom. The number of carboxylic acids is 1. The predicted molar refractivity (Wildman–Crippen MR) is 90.1 cm³/mol. The van der Waals surface area contributed by atoms with Gasteiger partial charge in [0.1, 0.15) is 12.1 Å². The van der Waals surface area contributed by atoms with E-state index in [1.54, 1.807) is 0 Å². The third kappa shape index (κ3) is 7.87. The molecule has 0 aliphatic rings. The SMILES string of the molecule is NCCCC[C@H](NC(=O)[C@H](CS)NC(=O)[C@@H](N)CS)C(=O)O. The highest BCUT2D eigenvalue weighted by atomic mass is 32.1. The first-order valence-electron chi connectivity index (χ1n) is 6.88. The van der Waals surface area contributed by atoms with Crippen LogP contribution < -0.4 is 22.1 Å². The molecule has 22 heavy (non-hydrogen) atoms. The van der Waals surface area contributed by atoms with Gasteiger partial charge in [-0.05, 0) is 25.8 Å². The minimum absolute atomic E-state index is 0.0198. The maximum absolute atomic E-state index is 12.0. The van der Waals surface area contributed by atoms with E-state index in [0.717, 1.165) is 0 Å². The molecule has 2 amide bonds. The van der Waals surface area contributed by atoms with Crippen molar-refractivity contribution < 1.29 is 19.5 Å². The van der Waals surface area contributed by atoms with Gasteiger partial charge < -0.3 is 27.2 Å². The average Bonchev–Trinajstić information content (AvgIpc) is 2.50. The Morgan fingerprint density at radius 2 is 1.59 bits per heavy atom. The molecule has 0 radical (unpaired) electrons. The summed E-state index contributed by atoms with van der Waals surface area (Å²) in [6.07, 6.45) is 1.51. The van der Waals surface area contributed by atoms with E-state index in [0.29, 0.717) is 19.4 Å². The van der Waals surface area contributed by atoms with Gasteiger partial charge in [-0.25, -0.2) is 4.79 Å². The van der Waals surface area contributed by atoms with Gasteiger partial charge in [-0.3, -0.25) is 9.59 Å². The number of nitrogens with two attached hydrogens (primary N) is 2. The van der Waals surface area contributed by atoms with Crippen LogP contribution in [-0.2, 0) is 14.4 Å². The van der Waals surface area contributed by atoms with Crippen molar-refractivity contribution in [2.24, 2.45) is 11.5 Å².